The largest absolute Gasteiger partial charge is 0.472 e. The Bertz CT molecular complexity index is 1120. The Balaban J connectivity index is 4.44. The van der Waals surface area contributed by atoms with Gasteiger partial charge in [0.1, 0.15) is 12.7 Å². The number of phosphoric ester groups is 1. The monoisotopic (exact) mass is 829 g/mol. The molecule has 0 bridgehead atoms. The Hall–Kier alpha value is -2.11. The summed E-state index contributed by atoms with van der Waals surface area (Å²) in [5.41, 5.74) is 0. The molecule has 0 rings (SSSR count). The maximum atomic E-state index is 12.6. The second-order valence-electron chi connectivity index (χ2n) is 15.4. The predicted molar refractivity (Wildman–Crippen MR) is 230 cm³/mol. The molecule has 332 valence electrons. The first kappa shape index (κ1) is 54.9. The third kappa shape index (κ3) is 40.5. The molecule has 4 atom stereocenters. The van der Waals surface area contributed by atoms with E-state index < -0.39 is 57.9 Å². The zero-order valence-corrected chi connectivity index (χ0v) is 36.7. The van der Waals surface area contributed by atoms with Gasteiger partial charge >= 0.3 is 19.8 Å². The van der Waals surface area contributed by atoms with Crippen LogP contribution in [-0.2, 0) is 32.7 Å². The molecule has 0 spiro atoms. The summed E-state index contributed by atoms with van der Waals surface area (Å²) in [6, 6.07) is 0. The van der Waals surface area contributed by atoms with Crippen LogP contribution in [0.2, 0.25) is 0 Å². The molecule has 0 fully saturated rings. The number of allylic oxidation sites excluding steroid dienone is 6. The minimum atomic E-state index is -4.65. The van der Waals surface area contributed by atoms with Crippen molar-refractivity contribution in [1.29, 1.82) is 0 Å². The van der Waals surface area contributed by atoms with Crippen LogP contribution in [0.25, 0.3) is 0 Å². The van der Waals surface area contributed by atoms with Gasteiger partial charge in [-0.3, -0.25) is 18.6 Å². The molecule has 0 radical (unpaired) electrons. The number of rotatable bonds is 40. The molecule has 0 aromatic carbocycles. The van der Waals surface area contributed by atoms with Crippen molar-refractivity contribution in [3.8, 4) is 0 Å². The van der Waals surface area contributed by atoms with Crippen LogP contribution in [-0.4, -0.2) is 76.9 Å². The first-order chi connectivity index (χ1) is 27.5. The summed E-state index contributed by atoms with van der Waals surface area (Å²) in [6.07, 6.45) is 36.8. The van der Waals surface area contributed by atoms with Gasteiger partial charge in [-0.15, -0.1) is 0 Å². The lowest BCUT2D eigenvalue weighted by Gasteiger charge is -2.20. The molecule has 0 amide bonds. The molecule has 0 aromatic heterocycles. The number of ether oxygens (including phenoxy) is 2. The molecule has 11 nitrogen and oxygen atoms in total. The summed E-state index contributed by atoms with van der Waals surface area (Å²) in [7, 11) is -4.65. The molecule has 0 aliphatic carbocycles. The quantitative estimate of drug-likeness (QED) is 0.0152. The maximum absolute atomic E-state index is 12.6. The van der Waals surface area contributed by atoms with Crippen LogP contribution >= 0.6 is 7.82 Å². The summed E-state index contributed by atoms with van der Waals surface area (Å²) < 4.78 is 32.6. The van der Waals surface area contributed by atoms with Crippen LogP contribution in [0.4, 0.5) is 0 Å². The lowest BCUT2D eigenvalue weighted by Crippen LogP contribution is -2.29. The van der Waals surface area contributed by atoms with Crippen LogP contribution < -0.4 is 0 Å². The molecule has 57 heavy (non-hydrogen) atoms. The van der Waals surface area contributed by atoms with Gasteiger partial charge in [-0.25, -0.2) is 4.57 Å². The van der Waals surface area contributed by atoms with E-state index in [9.17, 15) is 29.3 Å². The third-order valence-electron chi connectivity index (χ3n) is 9.24. The van der Waals surface area contributed by atoms with Gasteiger partial charge in [-0.2, -0.15) is 0 Å². The third-order valence-corrected chi connectivity index (χ3v) is 10.2. The number of esters is 2. The van der Waals surface area contributed by atoms with Crippen LogP contribution in [0.1, 0.15) is 175 Å². The fraction of sp³-hybridized carbons (Fsp3) is 0.778. The number of carbonyl (C=O) groups is 2. The summed E-state index contributed by atoms with van der Waals surface area (Å²) in [4.78, 5) is 35.0. The van der Waals surface area contributed by atoms with E-state index in [-0.39, 0.29) is 19.4 Å². The molecule has 0 saturated carbocycles. The highest BCUT2D eigenvalue weighted by atomic mass is 31.2. The standard InChI is InChI=1S/C45H81O11P/c1-4-5-6-7-16-22-27-32-41(47)33-28-23-18-15-20-25-30-35-45(50)56-43(39-55-57(51,52)54-37-42(48)36-46)38-53-44(49)34-29-24-19-14-12-10-8-9-11-13-17-21-26-31-40(2)3/h15-16,20,22-23,27-28,32,40-43,46-48H,4-14,17-19,21,24-26,29-31,33-39H2,1-3H3,(H,51,52)/b20-15+,22-16-,28-23-,32-27-/t41-,42-,43+/m0/s1. The second kappa shape index (κ2) is 39.4. The highest BCUT2D eigenvalue weighted by Crippen LogP contribution is 2.43. The molecule has 0 aliphatic rings. The lowest BCUT2D eigenvalue weighted by molar-refractivity contribution is -0.161. The van der Waals surface area contributed by atoms with E-state index in [1.54, 1.807) is 6.08 Å². The first-order valence-corrected chi connectivity index (χ1v) is 23.6. The summed E-state index contributed by atoms with van der Waals surface area (Å²) in [6.45, 7) is 4.52. The van der Waals surface area contributed by atoms with Crippen molar-refractivity contribution < 1.29 is 52.9 Å². The van der Waals surface area contributed by atoms with Crippen molar-refractivity contribution in [3.05, 3.63) is 48.6 Å². The Kier molecular flexibility index (Phi) is 37.9. The normalized spacial score (nSPS) is 14.9. The van der Waals surface area contributed by atoms with Crippen molar-refractivity contribution in [1.82, 2.24) is 0 Å². The first-order valence-electron chi connectivity index (χ1n) is 22.1. The van der Waals surface area contributed by atoms with Crippen molar-refractivity contribution in [2.45, 2.75) is 193 Å². The molecule has 0 aliphatic heterocycles. The Morgan fingerprint density at radius 3 is 1.86 bits per heavy atom. The van der Waals surface area contributed by atoms with Gasteiger partial charge in [-0.05, 0) is 50.9 Å². The maximum Gasteiger partial charge on any atom is 0.472 e. The average Bonchev–Trinajstić information content (AvgIpc) is 3.18. The Morgan fingerprint density at radius 1 is 0.649 bits per heavy atom. The molecular formula is C45H81O11P. The topological polar surface area (TPSA) is 169 Å². The molecule has 1 unspecified atom stereocenters. The van der Waals surface area contributed by atoms with Gasteiger partial charge in [0.15, 0.2) is 6.10 Å². The lowest BCUT2D eigenvalue weighted by atomic mass is 10.0. The number of aliphatic hydroxyl groups is 3. The minimum absolute atomic E-state index is 0.0742. The van der Waals surface area contributed by atoms with Crippen LogP contribution in [0.15, 0.2) is 48.6 Å². The van der Waals surface area contributed by atoms with Gasteiger partial charge in [0.2, 0.25) is 0 Å². The number of hydrogen-bond donors (Lipinski definition) is 4. The van der Waals surface area contributed by atoms with E-state index in [2.05, 4.69) is 31.4 Å². The van der Waals surface area contributed by atoms with Gasteiger partial charge in [0.05, 0.1) is 25.9 Å². The van der Waals surface area contributed by atoms with E-state index in [1.165, 1.54) is 83.5 Å². The van der Waals surface area contributed by atoms with E-state index in [1.807, 2.05) is 36.5 Å². The van der Waals surface area contributed by atoms with E-state index >= 15 is 0 Å². The van der Waals surface area contributed by atoms with E-state index in [4.69, 9.17) is 19.1 Å². The number of unbranched alkanes of at least 4 members (excludes halogenated alkanes) is 16. The highest BCUT2D eigenvalue weighted by molar-refractivity contribution is 7.47. The van der Waals surface area contributed by atoms with Gasteiger partial charge in [-0.1, -0.05) is 166 Å². The SMILES string of the molecule is CCCCC/C=C\C=C/[C@H](O)C/C=C\C/C=C/CCCC(=O)O[C@H](COC(=O)CCCCCCCCCCCCCCCC(C)C)COP(=O)(O)OC[C@@H](O)CO. The van der Waals surface area contributed by atoms with Crippen LogP contribution in [0.3, 0.4) is 0 Å². The van der Waals surface area contributed by atoms with Crippen molar-refractivity contribution in [3.63, 3.8) is 0 Å². The molecule has 0 aromatic rings. The molecular weight excluding hydrogens is 747 g/mol. The van der Waals surface area contributed by atoms with E-state index in [0.717, 1.165) is 31.6 Å². The average molecular weight is 829 g/mol. The second-order valence-corrected chi connectivity index (χ2v) is 16.9. The van der Waals surface area contributed by atoms with Gasteiger partial charge < -0.3 is 29.7 Å². The van der Waals surface area contributed by atoms with Crippen molar-refractivity contribution in [2.24, 2.45) is 5.92 Å². The molecule has 0 heterocycles. The fourth-order valence-electron chi connectivity index (χ4n) is 5.78. The summed E-state index contributed by atoms with van der Waals surface area (Å²) >= 11 is 0. The fourth-order valence-corrected chi connectivity index (χ4v) is 6.57. The number of hydrogen-bond acceptors (Lipinski definition) is 10. The molecule has 4 N–H and O–H groups in total. The zero-order chi connectivity index (χ0) is 42.2. The smallest absolute Gasteiger partial charge is 0.462 e. The predicted octanol–water partition coefficient (Wildman–Crippen LogP) is 10.6. The highest BCUT2D eigenvalue weighted by Gasteiger charge is 2.27. The molecule has 12 heteroatoms. The summed E-state index contributed by atoms with van der Waals surface area (Å²) in [5, 5.41) is 28.4. The van der Waals surface area contributed by atoms with Gasteiger partial charge in [0.25, 0.3) is 0 Å². The molecule has 0 saturated heterocycles. The number of carbonyl (C=O) groups excluding carboxylic acids is 2. The Labute approximate surface area is 346 Å². The number of phosphoric acid groups is 1. The summed E-state index contributed by atoms with van der Waals surface area (Å²) in [5.74, 6) is -0.220. The van der Waals surface area contributed by atoms with E-state index in [0.29, 0.717) is 32.1 Å². The van der Waals surface area contributed by atoms with Crippen molar-refractivity contribution >= 4 is 19.8 Å². The van der Waals surface area contributed by atoms with Crippen LogP contribution in [0, 0.1) is 5.92 Å². The van der Waals surface area contributed by atoms with Crippen molar-refractivity contribution in [2.75, 3.05) is 26.4 Å². The Morgan fingerprint density at radius 2 is 1.23 bits per heavy atom. The number of aliphatic hydroxyl groups excluding tert-OH is 3. The minimum Gasteiger partial charge on any atom is -0.462 e. The van der Waals surface area contributed by atoms with Crippen LogP contribution in [0.5, 0.6) is 0 Å². The van der Waals surface area contributed by atoms with Gasteiger partial charge in [0, 0.05) is 12.8 Å². The zero-order valence-electron chi connectivity index (χ0n) is 35.8.